The van der Waals surface area contributed by atoms with Crippen molar-refractivity contribution in [1.82, 2.24) is 15.5 Å². The number of hydrogen-bond donors (Lipinski definition) is 2. The minimum absolute atomic E-state index is 0. The van der Waals surface area contributed by atoms with Crippen LogP contribution in [-0.4, -0.2) is 55.7 Å². The molecule has 1 amide bonds. The molecule has 1 saturated heterocycles. The molecule has 1 heterocycles. The van der Waals surface area contributed by atoms with Crippen molar-refractivity contribution in [1.29, 1.82) is 0 Å². The van der Waals surface area contributed by atoms with Crippen LogP contribution in [-0.2, 0) is 4.79 Å². The van der Waals surface area contributed by atoms with Crippen molar-refractivity contribution in [3.8, 4) is 0 Å². The van der Waals surface area contributed by atoms with E-state index in [1.165, 1.54) is 4.90 Å². The van der Waals surface area contributed by atoms with E-state index in [1.807, 2.05) is 6.92 Å². The number of carbonyl (C=O) groups is 1. The van der Waals surface area contributed by atoms with Gasteiger partial charge >= 0.3 is 6.18 Å². The summed E-state index contributed by atoms with van der Waals surface area (Å²) < 4.78 is 39.6. The van der Waals surface area contributed by atoms with Crippen LogP contribution in [0.1, 0.15) is 32.6 Å². The van der Waals surface area contributed by atoms with Crippen molar-refractivity contribution in [2.24, 2.45) is 5.41 Å². The van der Waals surface area contributed by atoms with Crippen LogP contribution in [0.3, 0.4) is 0 Å². The van der Waals surface area contributed by atoms with E-state index >= 15 is 0 Å². The zero-order valence-electron chi connectivity index (χ0n) is 12.8. The summed E-state index contributed by atoms with van der Waals surface area (Å²) in [6.45, 7) is 3.33. The molecule has 0 aromatic heterocycles. The molecule has 2 fully saturated rings. The van der Waals surface area contributed by atoms with Crippen LogP contribution in [0, 0.1) is 5.41 Å². The van der Waals surface area contributed by atoms with Crippen LogP contribution in [0.2, 0.25) is 0 Å². The lowest BCUT2D eigenvalue weighted by Crippen LogP contribution is -2.58. The van der Waals surface area contributed by atoms with Gasteiger partial charge in [-0.2, -0.15) is 13.2 Å². The Bertz CT molecular complexity index is 367. The monoisotopic (exact) mass is 343 g/mol. The Morgan fingerprint density at radius 2 is 1.82 bits per heavy atom. The van der Waals surface area contributed by atoms with Crippen molar-refractivity contribution in [2.45, 2.75) is 44.8 Å². The number of amides is 1. The molecular weight excluding hydrogens is 319 g/mol. The molecule has 2 aliphatic rings. The molecule has 1 aliphatic heterocycles. The summed E-state index contributed by atoms with van der Waals surface area (Å²) in [7, 11) is 0. The molecule has 1 saturated carbocycles. The number of carbonyl (C=O) groups excluding carboxylic acids is 1. The smallest absolute Gasteiger partial charge is 0.354 e. The molecule has 2 rings (SSSR count). The molecule has 2 N–H and O–H groups in total. The summed E-state index contributed by atoms with van der Waals surface area (Å²) in [6, 6.07) is -1.59. The summed E-state index contributed by atoms with van der Waals surface area (Å²) in [4.78, 5) is 13.6. The third kappa shape index (κ3) is 4.73. The van der Waals surface area contributed by atoms with Crippen molar-refractivity contribution >= 4 is 18.3 Å². The summed E-state index contributed by atoms with van der Waals surface area (Å²) in [6.07, 6.45) is -0.831. The number of hydrogen-bond acceptors (Lipinski definition) is 3. The minimum atomic E-state index is -4.32. The van der Waals surface area contributed by atoms with E-state index in [2.05, 4.69) is 10.6 Å². The fourth-order valence-corrected chi connectivity index (χ4v) is 3.23. The normalized spacial score (nSPS) is 23.6. The highest BCUT2D eigenvalue weighted by Crippen LogP contribution is 2.37. The number of nitrogens with one attached hydrogen (secondary N) is 2. The van der Waals surface area contributed by atoms with Gasteiger partial charge in [-0.25, -0.2) is 0 Å². The zero-order chi connectivity index (χ0) is 15.5. The SMILES string of the molecule is CC1(C(=O)NCC(N2CCNCC2)C(F)(F)F)CCCC1.Cl. The second kappa shape index (κ2) is 7.84. The van der Waals surface area contributed by atoms with Gasteiger partial charge in [-0.1, -0.05) is 19.8 Å². The lowest BCUT2D eigenvalue weighted by Gasteiger charge is -2.36. The number of rotatable bonds is 4. The maximum atomic E-state index is 13.2. The van der Waals surface area contributed by atoms with Crippen LogP contribution >= 0.6 is 12.4 Å². The lowest BCUT2D eigenvalue weighted by atomic mass is 9.88. The maximum absolute atomic E-state index is 13.2. The molecule has 1 aliphatic carbocycles. The number of piperazine rings is 1. The number of alkyl halides is 3. The predicted octanol–water partition coefficient (Wildman–Crippen LogP) is 1.94. The quantitative estimate of drug-likeness (QED) is 0.820. The Hall–Kier alpha value is -0.530. The Balaban J connectivity index is 0.00000242. The van der Waals surface area contributed by atoms with Gasteiger partial charge in [0.05, 0.1) is 0 Å². The highest BCUT2D eigenvalue weighted by atomic mass is 35.5. The molecule has 1 atom stereocenters. The number of nitrogens with zero attached hydrogens (tertiary/aromatic N) is 1. The fourth-order valence-electron chi connectivity index (χ4n) is 3.23. The first-order chi connectivity index (χ1) is 9.83. The van der Waals surface area contributed by atoms with Gasteiger partial charge < -0.3 is 10.6 Å². The molecule has 0 aromatic rings. The van der Waals surface area contributed by atoms with Gasteiger partial charge in [0.15, 0.2) is 0 Å². The Morgan fingerprint density at radius 1 is 1.27 bits per heavy atom. The van der Waals surface area contributed by atoms with Crippen molar-refractivity contribution in [3.05, 3.63) is 0 Å². The van der Waals surface area contributed by atoms with Crippen LogP contribution in [0.15, 0.2) is 0 Å². The van der Waals surface area contributed by atoms with Crippen molar-refractivity contribution in [2.75, 3.05) is 32.7 Å². The van der Waals surface area contributed by atoms with Gasteiger partial charge in [-0.15, -0.1) is 12.4 Å². The first-order valence-corrected chi connectivity index (χ1v) is 7.63. The van der Waals surface area contributed by atoms with Crippen LogP contribution in [0.25, 0.3) is 0 Å². The third-order valence-corrected chi connectivity index (χ3v) is 4.68. The summed E-state index contributed by atoms with van der Waals surface area (Å²) in [5.41, 5.74) is -0.487. The molecule has 130 valence electrons. The second-order valence-corrected chi connectivity index (χ2v) is 6.32. The molecule has 4 nitrogen and oxygen atoms in total. The molecule has 1 unspecified atom stereocenters. The van der Waals surface area contributed by atoms with E-state index < -0.39 is 17.6 Å². The average Bonchev–Trinajstić information content (AvgIpc) is 2.87. The molecule has 22 heavy (non-hydrogen) atoms. The fraction of sp³-hybridized carbons (Fsp3) is 0.929. The molecule has 0 radical (unpaired) electrons. The van der Waals surface area contributed by atoms with Gasteiger partial charge in [0, 0.05) is 38.1 Å². The van der Waals surface area contributed by atoms with Crippen molar-refractivity contribution < 1.29 is 18.0 Å². The van der Waals surface area contributed by atoms with E-state index in [0.717, 1.165) is 25.7 Å². The summed E-state index contributed by atoms with van der Waals surface area (Å²) >= 11 is 0. The lowest BCUT2D eigenvalue weighted by molar-refractivity contribution is -0.184. The van der Waals surface area contributed by atoms with Gasteiger partial charge in [-0.3, -0.25) is 9.69 Å². The predicted molar refractivity (Wildman–Crippen MR) is 81.1 cm³/mol. The first kappa shape index (κ1) is 19.5. The standard InChI is InChI=1S/C14H24F3N3O.ClH/c1-13(4-2-3-5-13)12(21)19-10-11(14(15,16)17)20-8-6-18-7-9-20;/h11,18H,2-10H2,1H3,(H,19,21);1H. The second-order valence-electron chi connectivity index (χ2n) is 6.32. The van der Waals surface area contributed by atoms with E-state index in [4.69, 9.17) is 0 Å². The minimum Gasteiger partial charge on any atom is -0.354 e. The van der Waals surface area contributed by atoms with Gasteiger partial charge in [-0.05, 0) is 12.8 Å². The van der Waals surface area contributed by atoms with Crippen LogP contribution in [0.5, 0.6) is 0 Å². The molecule has 0 aromatic carbocycles. The van der Waals surface area contributed by atoms with Crippen molar-refractivity contribution in [3.63, 3.8) is 0 Å². The molecule has 0 bridgehead atoms. The van der Waals surface area contributed by atoms with E-state index in [9.17, 15) is 18.0 Å². The van der Waals surface area contributed by atoms with Gasteiger partial charge in [0.1, 0.15) is 6.04 Å². The van der Waals surface area contributed by atoms with Crippen LogP contribution < -0.4 is 10.6 Å². The Kier molecular flexibility index (Phi) is 6.95. The maximum Gasteiger partial charge on any atom is 0.405 e. The molecule has 8 heteroatoms. The van der Waals surface area contributed by atoms with E-state index in [1.54, 1.807) is 0 Å². The molecule has 0 spiro atoms. The van der Waals surface area contributed by atoms with Gasteiger partial charge in [0.2, 0.25) is 5.91 Å². The Labute approximate surface area is 135 Å². The Morgan fingerprint density at radius 3 is 2.32 bits per heavy atom. The van der Waals surface area contributed by atoms with Gasteiger partial charge in [0.25, 0.3) is 0 Å². The topological polar surface area (TPSA) is 44.4 Å². The summed E-state index contributed by atoms with van der Waals surface area (Å²) in [5.74, 6) is -0.232. The van der Waals surface area contributed by atoms with E-state index in [0.29, 0.717) is 26.2 Å². The average molecular weight is 344 g/mol. The third-order valence-electron chi connectivity index (χ3n) is 4.68. The highest BCUT2D eigenvalue weighted by molar-refractivity contribution is 5.85. The highest BCUT2D eigenvalue weighted by Gasteiger charge is 2.45. The van der Waals surface area contributed by atoms with E-state index in [-0.39, 0.29) is 24.9 Å². The summed E-state index contributed by atoms with van der Waals surface area (Å²) in [5, 5.41) is 5.59. The number of halogens is 4. The first-order valence-electron chi connectivity index (χ1n) is 7.63. The molecular formula is C14H25ClF3N3O. The van der Waals surface area contributed by atoms with Crippen LogP contribution in [0.4, 0.5) is 13.2 Å². The zero-order valence-corrected chi connectivity index (χ0v) is 13.7. The largest absolute Gasteiger partial charge is 0.405 e.